The fraction of sp³-hybridized carbons (Fsp3) is 0.455. The van der Waals surface area contributed by atoms with Crippen LogP contribution in [0.2, 0.25) is 0 Å². The van der Waals surface area contributed by atoms with Gasteiger partial charge in [-0.05, 0) is 56.0 Å². The SMILES string of the molecule is O=C(NC1CCN(C(=O)c2ccco2)CC1)C1CCN(S(=O)(=O)c2ccc(F)c(F)c2)CC1. The molecule has 2 aromatic rings. The number of benzene rings is 1. The van der Waals surface area contributed by atoms with Gasteiger partial charge in [-0.3, -0.25) is 9.59 Å². The summed E-state index contributed by atoms with van der Waals surface area (Å²) in [7, 11) is -3.96. The summed E-state index contributed by atoms with van der Waals surface area (Å²) in [5, 5.41) is 3.02. The van der Waals surface area contributed by atoms with Crippen molar-refractivity contribution >= 4 is 21.8 Å². The van der Waals surface area contributed by atoms with Crippen molar-refractivity contribution in [3.8, 4) is 0 Å². The first-order valence-corrected chi connectivity index (χ1v) is 12.3. The van der Waals surface area contributed by atoms with Crippen molar-refractivity contribution in [1.82, 2.24) is 14.5 Å². The molecule has 8 nitrogen and oxygen atoms in total. The van der Waals surface area contributed by atoms with Crippen LogP contribution in [0.15, 0.2) is 45.9 Å². The molecule has 0 bridgehead atoms. The minimum atomic E-state index is -3.96. The molecule has 2 aliphatic rings. The van der Waals surface area contributed by atoms with Crippen LogP contribution in [-0.4, -0.2) is 61.7 Å². The van der Waals surface area contributed by atoms with E-state index in [4.69, 9.17) is 4.42 Å². The van der Waals surface area contributed by atoms with E-state index in [1.165, 1.54) is 10.6 Å². The highest BCUT2D eigenvalue weighted by atomic mass is 32.2. The molecular weight excluding hydrogens is 456 g/mol. The first kappa shape index (κ1) is 23.4. The summed E-state index contributed by atoms with van der Waals surface area (Å²) in [5.41, 5.74) is 0. The van der Waals surface area contributed by atoms with E-state index < -0.39 is 21.7 Å². The molecule has 2 fully saturated rings. The molecule has 1 aromatic carbocycles. The highest BCUT2D eigenvalue weighted by Crippen LogP contribution is 2.25. The Hall–Kier alpha value is -2.79. The standard InChI is InChI=1S/C22H25F2N3O5S/c23-18-4-3-17(14-19(18)24)33(30,31)27-11-5-15(6-12-27)21(28)25-16-7-9-26(10-8-16)22(29)20-2-1-13-32-20/h1-4,13-16H,5-12H2,(H,25,28). The van der Waals surface area contributed by atoms with Gasteiger partial charge in [0.05, 0.1) is 11.2 Å². The number of hydrogen-bond acceptors (Lipinski definition) is 5. The second kappa shape index (κ2) is 9.60. The number of likely N-dealkylation sites (tertiary alicyclic amines) is 1. The number of furan rings is 1. The molecule has 2 aliphatic heterocycles. The molecule has 0 saturated carbocycles. The second-order valence-electron chi connectivity index (χ2n) is 8.31. The summed E-state index contributed by atoms with van der Waals surface area (Å²) in [5.74, 6) is -2.66. The average molecular weight is 482 g/mol. The highest BCUT2D eigenvalue weighted by molar-refractivity contribution is 7.89. The zero-order valence-electron chi connectivity index (χ0n) is 17.9. The topological polar surface area (TPSA) is 99.9 Å². The van der Waals surface area contributed by atoms with Gasteiger partial charge in [-0.1, -0.05) is 0 Å². The maximum absolute atomic E-state index is 13.5. The number of sulfonamides is 1. The predicted molar refractivity (Wildman–Crippen MR) is 114 cm³/mol. The predicted octanol–water partition coefficient (Wildman–Crippen LogP) is 2.38. The molecule has 33 heavy (non-hydrogen) atoms. The van der Waals surface area contributed by atoms with Crippen LogP contribution in [0.25, 0.3) is 0 Å². The van der Waals surface area contributed by atoms with Gasteiger partial charge in [-0.25, -0.2) is 17.2 Å². The lowest BCUT2D eigenvalue weighted by molar-refractivity contribution is -0.127. The average Bonchev–Trinajstić information content (AvgIpc) is 3.36. The molecule has 2 amide bonds. The van der Waals surface area contributed by atoms with E-state index in [1.54, 1.807) is 17.0 Å². The number of nitrogens with one attached hydrogen (secondary N) is 1. The summed E-state index contributed by atoms with van der Waals surface area (Å²) in [6, 6.07) is 5.73. The van der Waals surface area contributed by atoms with Crippen molar-refractivity contribution in [3.05, 3.63) is 54.0 Å². The van der Waals surface area contributed by atoms with E-state index >= 15 is 0 Å². The Kier molecular flexibility index (Phi) is 6.80. The van der Waals surface area contributed by atoms with Crippen LogP contribution in [0.5, 0.6) is 0 Å². The molecule has 3 heterocycles. The van der Waals surface area contributed by atoms with E-state index in [0.717, 1.165) is 12.1 Å². The van der Waals surface area contributed by atoms with Gasteiger partial charge in [0.25, 0.3) is 5.91 Å². The van der Waals surface area contributed by atoms with Gasteiger partial charge >= 0.3 is 0 Å². The van der Waals surface area contributed by atoms with Gasteiger partial charge in [-0.15, -0.1) is 0 Å². The molecule has 0 unspecified atom stereocenters. The Bertz CT molecular complexity index is 1110. The van der Waals surface area contributed by atoms with Crippen LogP contribution in [-0.2, 0) is 14.8 Å². The van der Waals surface area contributed by atoms with Crippen LogP contribution in [0.4, 0.5) is 8.78 Å². The summed E-state index contributed by atoms with van der Waals surface area (Å²) in [6.07, 6.45) is 3.38. The monoisotopic (exact) mass is 481 g/mol. The first-order valence-electron chi connectivity index (χ1n) is 10.8. The number of rotatable bonds is 5. The summed E-state index contributed by atoms with van der Waals surface area (Å²) >= 11 is 0. The van der Waals surface area contributed by atoms with Crippen LogP contribution >= 0.6 is 0 Å². The fourth-order valence-electron chi connectivity index (χ4n) is 4.25. The fourth-order valence-corrected chi connectivity index (χ4v) is 5.73. The third-order valence-electron chi connectivity index (χ3n) is 6.21. The maximum Gasteiger partial charge on any atom is 0.289 e. The molecule has 0 atom stereocenters. The van der Waals surface area contributed by atoms with Gasteiger partial charge in [-0.2, -0.15) is 4.31 Å². The minimum Gasteiger partial charge on any atom is -0.459 e. The van der Waals surface area contributed by atoms with Crippen LogP contribution in [0.3, 0.4) is 0 Å². The number of carbonyl (C=O) groups is 2. The minimum absolute atomic E-state index is 0.0536. The van der Waals surface area contributed by atoms with E-state index in [0.29, 0.717) is 50.6 Å². The molecule has 1 aromatic heterocycles. The molecule has 178 valence electrons. The molecular formula is C22H25F2N3O5S. The van der Waals surface area contributed by atoms with E-state index in [1.807, 2.05) is 0 Å². The van der Waals surface area contributed by atoms with Crippen molar-refractivity contribution in [2.24, 2.45) is 5.92 Å². The summed E-state index contributed by atoms with van der Waals surface area (Å²) < 4.78 is 58.4. The van der Waals surface area contributed by atoms with Crippen LogP contribution < -0.4 is 5.32 Å². The molecule has 0 radical (unpaired) electrons. The Labute approximate surface area is 190 Å². The van der Waals surface area contributed by atoms with Gasteiger partial charge in [0.15, 0.2) is 17.4 Å². The van der Waals surface area contributed by atoms with E-state index in [9.17, 15) is 26.8 Å². The second-order valence-corrected chi connectivity index (χ2v) is 10.2. The van der Waals surface area contributed by atoms with Crippen LogP contribution in [0.1, 0.15) is 36.2 Å². The summed E-state index contributed by atoms with van der Waals surface area (Å²) in [4.78, 5) is 26.4. The Balaban J connectivity index is 1.26. The van der Waals surface area contributed by atoms with Gasteiger partial charge in [0.2, 0.25) is 15.9 Å². The third-order valence-corrected chi connectivity index (χ3v) is 8.11. The largest absolute Gasteiger partial charge is 0.459 e. The zero-order chi connectivity index (χ0) is 23.6. The first-order chi connectivity index (χ1) is 15.8. The summed E-state index contributed by atoms with van der Waals surface area (Å²) in [6.45, 7) is 1.26. The quantitative estimate of drug-likeness (QED) is 0.707. The number of hydrogen-bond donors (Lipinski definition) is 1. The van der Waals surface area contributed by atoms with Gasteiger partial charge < -0.3 is 14.6 Å². The molecule has 2 saturated heterocycles. The lowest BCUT2D eigenvalue weighted by atomic mass is 9.96. The van der Waals surface area contributed by atoms with Crippen molar-refractivity contribution in [1.29, 1.82) is 0 Å². The Morgan fingerprint density at radius 3 is 2.27 bits per heavy atom. The maximum atomic E-state index is 13.5. The van der Waals surface area contributed by atoms with Crippen molar-refractivity contribution in [2.45, 2.75) is 36.6 Å². The molecule has 0 spiro atoms. The third kappa shape index (κ3) is 5.09. The van der Waals surface area contributed by atoms with Crippen LogP contribution in [0, 0.1) is 17.6 Å². The van der Waals surface area contributed by atoms with E-state index in [2.05, 4.69) is 5.32 Å². The zero-order valence-corrected chi connectivity index (χ0v) is 18.7. The molecule has 1 N–H and O–H groups in total. The Morgan fingerprint density at radius 2 is 1.67 bits per heavy atom. The Morgan fingerprint density at radius 1 is 0.970 bits per heavy atom. The number of carbonyl (C=O) groups excluding carboxylic acids is 2. The number of piperidine rings is 2. The molecule has 11 heteroatoms. The number of halogens is 2. The van der Waals surface area contributed by atoms with Crippen molar-refractivity contribution in [2.75, 3.05) is 26.2 Å². The van der Waals surface area contributed by atoms with Crippen molar-refractivity contribution in [3.63, 3.8) is 0 Å². The highest BCUT2D eigenvalue weighted by Gasteiger charge is 2.34. The number of amides is 2. The van der Waals surface area contributed by atoms with Gasteiger partial charge in [0, 0.05) is 38.1 Å². The lowest BCUT2D eigenvalue weighted by Crippen LogP contribution is -2.49. The molecule has 4 rings (SSSR count). The van der Waals surface area contributed by atoms with Crippen molar-refractivity contribution < 1.29 is 31.2 Å². The number of nitrogens with zero attached hydrogens (tertiary/aromatic N) is 2. The molecule has 0 aliphatic carbocycles. The van der Waals surface area contributed by atoms with Gasteiger partial charge in [0.1, 0.15) is 0 Å². The smallest absolute Gasteiger partial charge is 0.289 e. The van der Waals surface area contributed by atoms with E-state index in [-0.39, 0.29) is 41.8 Å². The normalized spacial score (nSPS) is 18.9. The lowest BCUT2D eigenvalue weighted by Gasteiger charge is -2.34.